The molecule has 3 rings (SSSR count). The van der Waals surface area contributed by atoms with Crippen molar-refractivity contribution in [2.24, 2.45) is 5.92 Å². The quantitative estimate of drug-likeness (QED) is 0.882. The first-order valence-corrected chi connectivity index (χ1v) is 7.64. The van der Waals surface area contributed by atoms with Crippen LogP contribution in [-0.2, 0) is 6.54 Å². The molecule has 4 nitrogen and oxygen atoms in total. The molecule has 0 radical (unpaired) electrons. The van der Waals surface area contributed by atoms with E-state index in [2.05, 4.69) is 22.1 Å². The zero-order valence-corrected chi connectivity index (χ0v) is 11.8. The number of nitrogens with one attached hydrogen (secondary N) is 1. The molecule has 1 aliphatic carbocycles. The lowest BCUT2D eigenvalue weighted by molar-refractivity contribution is 0.402. The molecule has 1 atom stereocenters. The second kappa shape index (κ2) is 5.87. The molecular formula is C15H24N4. The summed E-state index contributed by atoms with van der Waals surface area (Å²) < 4.78 is 0. The molecule has 1 aromatic rings. The maximum Gasteiger partial charge on any atom is 0.147 e. The molecule has 1 saturated heterocycles. The van der Waals surface area contributed by atoms with Gasteiger partial charge in [-0.3, -0.25) is 4.98 Å². The Bertz CT molecular complexity index is 416. The molecule has 0 aromatic carbocycles. The lowest BCUT2D eigenvalue weighted by Crippen LogP contribution is -2.36. The second-order valence-corrected chi connectivity index (χ2v) is 5.89. The van der Waals surface area contributed by atoms with Gasteiger partial charge in [-0.15, -0.1) is 0 Å². The third kappa shape index (κ3) is 3.44. The third-order valence-corrected chi connectivity index (χ3v) is 4.24. The van der Waals surface area contributed by atoms with Crippen LogP contribution < -0.4 is 10.2 Å². The Morgan fingerprint density at radius 1 is 1.32 bits per heavy atom. The van der Waals surface area contributed by atoms with Crippen molar-refractivity contribution in [3.63, 3.8) is 0 Å². The first-order valence-electron chi connectivity index (χ1n) is 7.64. The van der Waals surface area contributed by atoms with Crippen molar-refractivity contribution in [2.45, 2.75) is 51.6 Å². The summed E-state index contributed by atoms with van der Waals surface area (Å²) in [5, 5.41) is 3.50. The normalized spacial score (nSPS) is 23.6. The monoisotopic (exact) mass is 260 g/mol. The van der Waals surface area contributed by atoms with E-state index in [0.717, 1.165) is 43.1 Å². The van der Waals surface area contributed by atoms with Crippen LogP contribution in [0, 0.1) is 5.92 Å². The zero-order valence-electron chi connectivity index (χ0n) is 11.8. The van der Waals surface area contributed by atoms with Crippen molar-refractivity contribution in [3.05, 3.63) is 18.1 Å². The molecule has 0 amide bonds. The molecule has 2 fully saturated rings. The minimum Gasteiger partial charge on any atom is -0.355 e. The molecule has 2 aliphatic rings. The smallest absolute Gasteiger partial charge is 0.147 e. The van der Waals surface area contributed by atoms with Gasteiger partial charge in [-0.05, 0) is 31.6 Å². The molecule has 0 spiro atoms. The Hall–Kier alpha value is -1.16. The standard InChI is InChI=1S/C15H24N4/c1-2-12-4-3-7-19(11-12)15-10-16-8-14(18-15)9-17-13-5-6-13/h8,10,12-13,17H,2-7,9,11H2,1H3. The van der Waals surface area contributed by atoms with Crippen molar-refractivity contribution in [3.8, 4) is 0 Å². The van der Waals surface area contributed by atoms with E-state index in [9.17, 15) is 0 Å². The summed E-state index contributed by atoms with van der Waals surface area (Å²) in [6.45, 7) is 5.42. The fourth-order valence-corrected chi connectivity index (χ4v) is 2.78. The number of piperidine rings is 1. The summed E-state index contributed by atoms with van der Waals surface area (Å²) in [6, 6.07) is 0.727. The fraction of sp³-hybridized carbons (Fsp3) is 0.733. The fourth-order valence-electron chi connectivity index (χ4n) is 2.78. The minimum atomic E-state index is 0.727. The summed E-state index contributed by atoms with van der Waals surface area (Å²) in [7, 11) is 0. The van der Waals surface area contributed by atoms with Gasteiger partial charge in [0.05, 0.1) is 11.9 Å². The van der Waals surface area contributed by atoms with Crippen LogP contribution in [0.25, 0.3) is 0 Å². The second-order valence-electron chi connectivity index (χ2n) is 5.89. The molecule has 1 aliphatic heterocycles. The molecule has 1 aromatic heterocycles. The van der Waals surface area contributed by atoms with Crippen LogP contribution in [0.15, 0.2) is 12.4 Å². The SMILES string of the molecule is CCC1CCCN(c2cncc(CNC3CC3)n2)C1. The molecule has 4 heteroatoms. The van der Waals surface area contributed by atoms with Crippen molar-refractivity contribution < 1.29 is 0 Å². The molecule has 1 unspecified atom stereocenters. The Kier molecular flexibility index (Phi) is 3.97. The Balaban J connectivity index is 1.63. The molecule has 19 heavy (non-hydrogen) atoms. The maximum atomic E-state index is 4.77. The van der Waals surface area contributed by atoms with Crippen LogP contribution in [0.1, 0.15) is 44.7 Å². The number of nitrogens with zero attached hydrogens (tertiary/aromatic N) is 3. The van der Waals surface area contributed by atoms with Crippen LogP contribution in [0.2, 0.25) is 0 Å². The lowest BCUT2D eigenvalue weighted by Gasteiger charge is -2.33. The number of hydrogen-bond donors (Lipinski definition) is 1. The summed E-state index contributed by atoms with van der Waals surface area (Å²) in [5.41, 5.74) is 1.07. The highest BCUT2D eigenvalue weighted by Crippen LogP contribution is 2.23. The Morgan fingerprint density at radius 3 is 3.00 bits per heavy atom. The van der Waals surface area contributed by atoms with Gasteiger partial charge < -0.3 is 10.2 Å². The van der Waals surface area contributed by atoms with Crippen LogP contribution >= 0.6 is 0 Å². The topological polar surface area (TPSA) is 41.1 Å². The highest BCUT2D eigenvalue weighted by Gasteiger charge is 2.21. The van der Waals surface area contributed by atoms with Gasteiger partial charge in [0.1, 0.15) is 5.82 Å². The number of hydrogen-bond acceptors (Lipinski definition) is 4. The van der Waals surface area contributed by atoms with E-state index in [-0.39, 0.29) is 0 Å². The molecule has 1 saturated carbocycles. The molecule has 104 valence electrons. The average molecular weight is 260 g/mol. The minimum absolute atomic E-state index is 0.727. The predicted octanol–water partition coefficient (Wildman–Crippen LogP) is 2.36. The van der Waals surface area contributed by atoms with E-state index in [1.807, 2.05) is 12.4 Å². The molecule has 2 heterocycles. The summed E-state index contributed by atoms with van der Waals surface area (Å²) >= 11 is 0. The Labute approximate surface area is 115 Å². The van der Waals surface area contributed by atoms with Gasteiger partial charge in [-0.2, -0.15) is 0 Å². The molecular weight excluding hydrogens is 236 g/mol. The van der Waals surface area contributed by atoms with Crippen LogP contribution in [0.4, 0.5) is 5.82 Å². The maximum absolute atomic E-state index is 4.77. The van der Waals surface area contributed by atoms with Crippen molar-refractivity contribution in [2.75, 3.05) is 18.0 Å². The predicted molar refractivity (Wildman–Crippen MR) is 77.1 cm³/mol. The number of aromatic nitrogens is 2. The van der Waals surface area contributed by atoms with Crippen LogP contribution in [0.5, 0.6) is 0 Å². The van der Waals surface area contributed by atoms with Crippen LogP contribution in [-0.4, -0.2) is 29.1 Å². The summed E-state index contributed by atoms with van der Waals surface area (Å²) in [4.78, 5) is 11.5. The van der Waals surface area contributed by atoms with Crippen LogP contribution in [0.3, 0.4) is 0 Å². The van der Waals surface area contributed by atoms with E-state index in [1.165, 1.54) is 32.1 Å². The van der Waals surface area contributed by atoms with Gasteiger partial charge in [-0.25, -0.2) is 4.98 Å². The number of rotatable bonds is 5. The van der Waals surface area contributed by atoms with Crippen molar-refractivity contribution in [1.29, 1.82) is 0 Å². The van der Waals surface area contributed by atoms with E-state index in [0.29, 0.717) is 0 Å². The van der Waals surface area contributed by atoms with E-state index in [4.69, 9.17) is 4.98 Å². The zero-order chi connectivity index (χ0) is 13.1. The molecule has 0 bridgehead atoms. The van der Waals surface area contributed by atoms with Gasteiger partial charge >= 0.3 is 0 Å². The van der Waals surface area contributed by atoms with Gasteiger partial charge in [0.15, 0.2) is 0 Å². The van der Waals surface area contributed by atoms with Gasteiger partial charge in [0.25, 0.3) is 0 Å². The van der Waals surface area contributed by atoms with Crippen molar-refractivity contribution >= 4 is 5.82 Å². The first-order chi connectivity index (χ1) is 9.35. The Morgan fingerprint density at radius 2 is 2.21 bits per heavy atom. The van der Waals surface area contributed by atoms with E-state index < -0.39 is 0 Å². The lowest BCUT2D eigenvalue weighted by atomic mass is 9.96. The summed E-state index contributed by atoms with van der Waals surface area (Å²) in [5.74, 6) is 1.89. The third-order valence-electron chi connectivity index (χ3n) is 4.24. The largest absolute Gasteiger partial charge is 0.355 e. The number of anilines is 1. The highest BCUT2D eigenvalue weighted by molar-refractivity contribution is 5.37. The van der Waals surface area contributed by atoms with Gasteiger partial charge in [0, 0.05) is 31.9 Å². The van der Waals surface area contributed by atoms with Gasteiger partial charge in [0.2, 0.25) is 0 Å². The molecule has 1 N–H and O–H groups in total. The van der Waals surface area contributed by atoms with E-state index in [1.54, 1.807) is 0 Å². The van der Waals surface area contributed by atoms with E-state index >= 15 is 0 Å². The first kappa shape index (κ1) is 12.9. The highest BCUT2D eigenvalue weighted by atomic mass is 15.2. The summed E-state index contributed by atoms with van der Waals surface area (Å²) in [6.07, 6.45) is 10.4. The van der Waals surface area contributed by atoms with Gasteiger partial charge in [-0.1, -0.05) is 13.3 Å². The average Bonchev–Trinajstić information content (AvgIpc) is 3.30. The van der Waals surface area contributed by atoms with Crippen molar-refractivity contribution in [1.82, 2.24) is 15.3 Å².